The molecule has 170 valence electrons. The summed E-state index contributed by atoms with van der Waals surface area (Å²) in [6, 6.07) is 18.0. The topological polar surface area (TPSA) is 51.6 Å². The van der Waals surface area contributed by atoms with Crippen LogP contribution in [0.4, 0.5) is 11.4 Å². The van der Waals surface area contributed by atoms with Crippen LogP contribution in [0.15, 0.2) is 54.6 Å². The lowest BCUT2D eigenvalue weighted by molar-refractivity contribution is 0.147. The van der Waals surface area contributed by atoms with Gasteiger partial charge in [0.1, 0.15) is 5.75 Å². The molecule has 3 aromatic carbocycles. The summed E-state index contributed by atoms with van der Waals surface area (Å²) in [5.74, 6) is 0.337. The van der Waals surface area contributed by atoms with Gasteiger partial charge in [0.2, 0.25) is 0 Å². The van der Waals surface area contributed by atoms with Gasteiger partial charge in [0.25, 0.3) is 0 Å². The van der Waals surface area contributed by atoms with E-state index in [2.05, 4.69) is 53.4 Å². The van der Waals surface area contributed by atoms with E-state index in [-0.39, 0.29) is 0 Å². The van der Waals surface area contributed by atoms with Gasteiger partial charge in [0.15, 0.2) is 0 Å². The molecule has 1 aliphatic heterocycles. The number of piperazine rings is 1. The molecule has 5 nitrogen and oxygen atoms in total. The van der Waals surface area contributed by atoms with Gasteiger partial charge in [-0.25, -0.2) is 4.98 Å². The maximum absolute atomic E-state index is 10.5. The fraction of sp³-hybridized carbons (Fsp3) is 0.296. The average Bonchev–Trinajstić information content (AvgIpc) is 2.82. The summed E-state index contributed by atoms with van der Waals surface area (Å²) in [5.41, 5.74) is 5.95. The zero-order valence-electron chi connectivity index (χ0n) is 19.1. The second-order valence-corrected chi connectivity index (χ2v) is 9.34. The van der Waals surface area contributed by atoms with Gasteiger partial charge in [-0.1, -0.05) is 24.6 Å². The molecule has 2 N–H and O–H groups in total. The highest BCUT2D eigenvalue weighted by molar-refractivity contribution is 6.31. The zero-order chi connectivity index (χ0) is 22.9. The van der Waals surface area contributed by atoms with Gasteiger partial charge in [0.05, 0.1) is 16.7 Å². The van der Waals surface area contributed by atoms with E-state index in [4.69, 9.17) is 16.6 Å². The molecular weight excluding hydrogens is 432 g/mol. The number of benzene rings is 3. The number of likely N-dealkylation sites (N-methyl/N-ethyl adjacent to an activating group) is 1. The summed E-state index contributed by atoms with van der Waals surface area (Å²) in [4.78, 5) is 9.59. The average molecular weight is 461 g/mol. The van der Waals surface area contributed by atoms with Crippen molar-refractivity contribution in [3.05, 3.63) is 70.7 Å². The van der Waals surface area contributed by atoms with Gasteiger partial charge in [-0.05, 0) is 67.6 Å². The van der Waals surface area contributed by atoms with Crippen molar-refractivity contribution in [1.82, 2.24) is 14.8 Å². The normalized spacial score (nSPS) is 15.4. The number of hydrogen-bond acceptors (Lipinski definition) is 5. The van der Waals surface area contributed by atoms with Crippen LogP contribution in [0.25, 0.3) is 21.8 Å². The van der Waals surface area contributed by atoms with E-state index in [1.54, 1.807) is 6.07 Å². The number of pyridine rings is 1. The van der Waals surface area contributed by atoms with Gasteiger partial charge in [-0.15, -0.1) is 0 Å². The van der Waals surface area contributed by atoms with E-state index >= 15 is 0 Å². The van der Waals surface area contributed by atoms with E-state index in [0.29, 0.717) is 10.8 Å². The molecule has 0 atom stereocenters. The van der Waals surface area contributed by atoms with Gasteiger partial charge in [-0.3, -0.25) is 4.90 Å². The molecular formula is C27H29ClN4O. The first-order valence-corrected chi connectivity index (χ1v) is 11.9. The van der Waals surface area contributed by atoms with Crippen LogP contribution in [-0.2, 0) is 13.0 Å². The van der Waals surface area contributed by atoms with Crippen molar-refractivity contribution in [2.45, 2.75) is 19.9 Å². The molecule has 0 bridgehead atoms. The molecule has 1 saturated heterocycles. The molecule has 2 heterocycles. The highest BCUT2D eigenvalue weighted by Crippen LogP contribution is 2.36. The largest absolute Gasteiger partial charge is 0.508 e. The van der Waals surface area contributed by atoms with E-state index < -0.39 is 0 Å². The lowest BCUT2D eigenvalue weighted by Crippen LogP contribution is -2.43. The zero-order valence-corrected chi connectivity index (χ0v) is 19.9. The fourth-order valence-corrected chi connectivity index (χ4v) is 4.67. The van der Waals surface area contributed by atoms with Crippen LogP contribution in [-0.4, -0.2) is 53.1 Å². The number of rotatable bonds is 5. The standard InChI is InChI=1S/C27H29ClN4O/c1-3-18-4-8-24-23(14-18)27(22-7-5-20(28)16-25(22)30-24)29-21-6-9-26(33)19(15-21)17-32-12-10-31(2)11-13-32/h4-9,14-16,33H,3,10-13,17H2,1-2H3,(H,29,30). The number of aromatic nitrogens is 1. The Hall–Kier alpha value is -2.86. The molecule has 6 heteroatoms. The number of nitrogens with one attached hydrogen (secondary N) is 1. The third-order valence-electron chi connectivity index (χ3n) is 6.55. The quantitative estimate of drug-likeness (QED) is 0.291. The van der Waals surface area contributed by atoms with Crippen molar-refractivity contribution in [1.29, 1.82) is 0 Å². The molecule has 1 fully saturated rings. The number of aromatic hydroxyl groups is 1. The second kappa shape index (κ2) is 9.18. The van der Waals surface area contributed by atoms with Crippen LogP contribution >= 0.6 is 11.6 Å². The Bertz CT molecular complexity index is 1310. The Morgan fingerprint density at radius 1 is 0.939 bits per heavy atom. The second-order valence-electron chi connectivity index (χ2n) is 8.90. The number of aryl methyl sites for hydroxylation is 1. The minimum Gasteiger partial charge on any atom is -0.508 e. The number of nitrogens with zero attached hydrogens (tertiary/aromatic N) is 3. The molecule has 0 spiro atoms. The minimum atomic E-state index is 0.337. The SMILES string of the molecule is CCc1ccc2nc3cc(Cl)ccc3c(Nc3ccc(O)c(CN4CCN(C)CC4)c3)c2c1. The Kier molecular flexibility index (Phi) is 6.11. The Labute approximate surface area is 199 Å². The predicted octanol–water partition coefficient (Wildman–Crippen LogP) is 5.80. The third kappa shape index (κ3) is 4.62. The van der Waals surface area contributed by atoms with Gasteiger partial charge in [0, 0.05) is 59.8 Å². The summed E-state index contributed by atoms with van der Waals surface area (Å²) >= 11 is 6.27. The molecule has 1 aliphatic rings. The van der Waals surface area contributed by atoms with Crippen LogP contribution in [0.5, 0.6) is 5.75 Å². The molecule has 0 unspecified atom stereocenters. The monoisotopic (exact) mass is 460 g/mol. The lowest BCUT2D eigenvalue weighted by atomic mass is 10.0. The summed E-state index contributed by atoms with van der Waals surface area (Å²) in [6.07, 6.45) is 0.961. The van der Waals surface area contributed by atoms with Gasteiger partial charge < -0.3 is 15.3 Å². The summed E-state index contributed by atoms with van der Waals surface area (Å²) in [6.45, 7) is 7.02. The third-order valence-corrected chi connectivity index (χ3v) is 6.78. The first kappa shape index (κ1) is 22.0. The summed E-state index contributed by atoms with van der Waals surface area (Å²) in [5, 5.41) is 17.0. The lowest BCUT2D eigenvalue weighted by Gasteiger charge is -2.32. The van der Waals surface area contributed by atoms with E-state index in [1.807, 2.05) is 24.3 Å². The fourth-order valence-electron chi connectivity index (χ4n) is 4.50. The Balaban J connectivity index is 1.55. The van der Waals surface area contributed by atoms with Crippen LogP contribution < -0.4 is 5.32 Å². The maximum atomic E-state index is 10.5. The Morgan fingerprint density at radius 2 is 1.76 bits per heavy atom. The van der Waals surface area contributed by atoms with Crippen molar-refractivity contribution in [3.63, 3.8) is 0 Å². The number of phenols is 1. The van der Waals surface area contributed by atoms with Crippen molar-refractivity contribution < 1.29 is 5.11 Å². The highest BCUT2D eigenvalue weighted by atomic mass is 35.5. The van der Waals surface area contributed by atoms with Crippen LogP contribution in [0.3, 0.4) is 0 Å². The molecule has 0 aliphatic carbocycles. The number of hydrogen-bond donors (Lipinski definition) is 2. The number of anilines is 2. The first-order valence-electron chi connectivity index (χ1n) is 11.5. The van der Waals surface area contributed by atoms with E-state index in [0.717, 1.165) is 77.9 Å². The molecule has 0 saturated carbocycles. The number of phenolic OH excluding ortho intramolecular Hbond substituents is 1. The smallest absolute Gasteiger partial charge is 0.120 e. The molecule has 4 aromatic rings. The van der Waals surface area contributed by atoms with Crippen molar-refractivity contribution in [2.24, 2.45) is 0 Å². The molecule has 33 heavy (non-hydrogen) atoms. The van der Waals surface area contributed by atoms with Crippen LogP contribution in [0, 0.1) is 0 Å². The van der Waals surface area contributed by atoms with E-state index in [9.17, 15) is 5.11 Å². The number of fused-ring (bicyclic) bond motifs is 2. The molecule has 0 amide bonds. The van der Waals surface area contributed by atoms with Crippen LogP contribution in [0.2, 0.25) is 5.02 Å². The van der Waals surface area contributed by atoms with Crippen molar-refractivity contribution in [2.75, 3.05) is 38.5 Å². The highest BCUT2D eigenvalue weighted by Gasteiger charge is 2.16. The van der Waals surface area contributed by atoms with Gasteiger partial charge >= 0.3 is 0 Å². The maximum Gasteiger partial charge on any atom is 0.120 e. The first-order chi connectivity index (χ1) is 16.0. The minimum absolute atomic E-state index is 0.337. The van der Waals surface area contributed by atoms with Crippen LogP contribution in [0.1, 0.15) is 18.1 Å². The summed E-state index contributed by atoms with van der Waals surface area (Å²) < 4.78 is 0. The molecule has 5 rings (SSSR count). The molecule has 1 aromatic heterocycles. The Morgan fingerprint density at radius 3 is 2.55 bits per heavy atom. The molecule has 0 radical (unpaired) electrons. The summed E-state index contributed by atoms with van der Waals surface area (Å²) in [7, 11) is 2.15. The van der Waals surface area contributed by atoms with Gasteiger partial charge in [-0.2, -0.15) is 0 Å². The number of halogens is 1. The van der Waals surface area contributed by atoms with E-state index in [1.165, 1.54) is 5.56 Å². The predicted molar refractivity (Wildman–Crippen MR) is 138 cm³/mol. The van der Waals surface area contributed by atoms with Crippen molar-refractivity contribution in [3.8, 4) is 5.75 Å². The van der Waals surface area contributed by atoms with Crippen molar-refractivity contribution >= 4 is 44.8 Å².